The molecule has 1 aliphatic heterocycles. The summed E-state index contributed by atoms with van der Waals surface area (Å²) in [7, 11) is 0. The van der Waals surface area contributed by atoms with Crippen LogP contribution in [0.4, 0.5) is 5.82 Å². The molecule has 1 fully saturated rings. The molecule has 0 saturated carbocycles. The van der Waals surface area contributed by atoms with Gasteiger partial charge in [0.05, 0.1) is 12.1 Å². The number of rotatable bonds is 6. The highest BCUT2D eigenvalue weighted by Crippen LogP contribution is 2.33. The Morgan fingerprint density at radius 2 is 2.03 bits per heavy atom. The largest absolute Gasteiger partial charge is 0.355 e. The molecule has 0 bridgehead atoms. The van der Waals surface area contributed by atoms with Gasteiger partial charge in [-0.25, -0.2) is 9.97 Å². The van der Waals surface area contributed by atoms with E-state index < -0.39 is 0 Å². The van der Waals surface area contributed by atoms with Crippen molar-refractivity contribution >= 4 is 11.7 Å². The number of aryl methyl sites for hydroxylation is 2. The Morgan fingerprint density at radius 1 is 1.16 bits per heavy atom. The molecule has 1 aromatic carbocycles. The molecule has 1 saturated heterocycles. The van der Waals surface area contributed by atoms with Gasteiger partial charge in [-0.05, 0) is 39.0 Å². The minimum absolute atomic E-state index is 0.0304. The Labute approximate surface area is 188 Å². The third-order valence-electron chi connectivity index (χ3n) is 6.51. The first-order valence-corrected chi connectivity index (χ1v) is 11.7. The van der Waals surface area contributed by atoms with Crippen LogP contribution in [0.5, 0.6) is 0 Å². The number of anilines is 1. The van der Waals surface area contributed by atoms with Crippen LogP contribution in [0.1, 0.15) is 43.0 Å². The first-order chi connectivity index (χ1) is 15.7. The Bertz CT molecular complexity index is 1090. The van der Waals surface area contributed by atoms with Crippen molar-refractivity contribution < 1.29 is 4.79 Å². The molecule has 166 valence electrons. The molecule has 1 aliphatic carbocycles. The molecule has 32 heavy (non-hydrogen) atoms. The maximum Gasteiger partial charge on any atom is 0.225 e. The van der Waals surface area contributed by atoms with Crippen LogP contribution in [0.15, 0.2) is 42.7 Å². The second-order valence-corrected chi connectivity index (χ2v) is 8.72. The normalized spacial score (nSPS) is 17.9. The van der Waals surface area contributed by atoms with E-state index >= 15 is 0 Å². The van der Waals surface area contributed by atoms with Crippen LogP contribution >= 0.6 is 0 Å². The second-order valence-electron chi connectivity index (χ2n) is 8.72. The van der Waals surface area contributed by atoms with E-state index in [4.69, 9.17) is 9.97 Å². The fourth-order valence-electron chi connectivity index (χ4n) is 4.78. The number of benzene rings is 1. The van der Waals surface area contributed by atoms with Crippen molar-refractivity contribution in [3.63, 3.8) is 0 Å². The van der Waals surface area contributed by atoms with E-state index in [2.05, 4.69) is 34.4 Å². The summed E-state index contributed by atoms with van der Waals surface area (Å²) in [5.41, 5.74) is 4.53. The van der Waals surface area contributed by atoms with Gasteiger partial charge in [-0.2, -0.15) is 5.10 Å². The van der Waals surface area contributed by atoms with Crippen molar-refractivity contribution in [1.82, 2.24) is 25.1 Å². The quantitative estimate of drug-likeness (QED) is 0.649. The van der Waals surface area contributed by atoms with Crippen molar-refractivity contribution in [3.8, 4) is 11.4 Å². The number of carbonyl (C=O) groups is 1. The van der Waals surface area contributed by atoms with E-state index in [1.54, 1.807) is 0 Å². The molecule has 1 atom stereocenters. The number of nitrogens with one attached hydrogen (secondary N) is 1. The van der Waals surface area contributed by atoms with E-state index in [0.29, 0.717) is 13.1 Å². The molecule has 7 heteroatoms. The summed E-state index contributed by atoms with van der Waals surface area (Å²) in [6.07, 6.45) is 8.87. The van der Waals surface area contributed by atoms with Gasteiger partial charge in [0.15, 0.2) is 5.82 Å². The van der Waals surface area contributed by atoms with E-state index in [1.807, 2.05) is 35.3 Å². The molecule has 3 heterocycles. The fraction of sp³-hybridized carbons (Fsp3) is 0.440. The molecule has 7 nitrogen and oxygen atoms in total. The van der Waals surface area contributed by atoms with Gasteiger partial charge < -0.3 is 10.2 Å². The Hall–Kier alpha value is -3.22. The van der Waals surface area contributed by atoms with Crippen molar-refractivity contribution in [2.24, 2.45) is 5.92 Å². The third kappa shape index (κ3) is 4.24. The predicted octanol–water partition coefficient (Wildman–Crippen LogP) is 3.38. The van der Waals surface area contributed by atoms with Gasteiger partial charge >= 0.3 is 0 Å². The lowest BCUT2D eigenvalue weighted by molar-refractivity contribution is -0.125. The molecule has 2 aliphatic rings. The highest BCUT2D eigenvalue weighted by molar-refractivity contribution is 5.79. The molecule has 1 amide bonds. The highest BCUT2D eigenvalue weighted by atomic mass is 16.1. The second kappa shape index (κ2) is 9.10. The van der Waals surface area contributed by atoms with E-state index in [1.165, 1.54) is 11.3 Å². The van der Waals surface area contributed by atoms with Crippen LogP contribution in [-0.2, 0) is 30.7 Å². The topological polar surface area (TPSA) is 75.9 Å². The number of piperidine rings is 1. The summed E-state index contributed by atoms with van der Waals surface area (Å²) >= 11 is 0. The van der Waals surface area contributed by atoms with Gasteiger partial charge in [0, 0.05) is 54.8 Å². The van der Waals surface area contributed by atoms with Crippen LogP contribution < -0.4 is 10.2 Å². The first kappa shape index (κ1) is 20.7. The molecular formula is C25H30N6O. The molecule has 2 aromatic heterocycles. The number of carbonyl (C=O) groups excluding carboxylic acids is 1. The maximum atomic E-state index is 12.9. The van der Waals surface area contributed by atoms with Crippen molar-refractivity contribution in [3.05, 3.63) is 59.5 Å². The first-order valence-electron chi connectivity index (χ1n) is 11.7. The summed E-state index contributed by atoms with van der Waals surface area (Å²) < 4.78 is 1.88. The number of fused-ring (bicyclic) bond motifs is 1. The van der Waals surface area contributed by atoms with Crippen LogP contribution in [0.25, 0.3) is 11.4 Å². The average molecular weight is 431 g/mol. The lowest BCUT2D eigenvalue weighted by Crippen LogP contribution is -2.43. The van der Waals surface area contributed by atoms with Gasteiger partial charge in [0.1, 0.15) is 5.82 Å². The molecule has 5 rings (SSSR count). The van der Waals surface area contributed by atoms with Crippen molar-refractivity contribution in [1.29, 1.82) is 0 Å². The maximum absolute atomic E-state index is 12.9. The van der Waals surface area contributed by atoms with Gasteiger partial charge in [0.2, 0.25) is 5.91 Å². The summed E-state index contributed by atoms with van der Waals surface area (Å²) in [4.78, 5) is 25.2. The zero-order chi connectivity index (χ0) is 21.9. The summed E-state index contributed by atoms with van der Waals surface area (Å²) in [6, 6.07) is 10.2. The minimum Gasteiger partial charge on any atom is -0.355 e. The molecule has 0 radical (unpaired) electrons. The van der Waals surface area contributed by atoms with E-state index in [-0.39, 0.29) is 11.8 Å². The SMILES string of the molecule is CCn1cc(CNC(=O)C2CCCN(c3nc(-c4ccccc4)nc4c3CCC4)C2)cn1. The van der Waals surface area contributed by atoms with Gasteiger partial charge in [-0.1, -0.05) is 30.3 Å². The number of hydrogen-bond acceptors (Lipinski definition) is 5. The van der Waals surface area contributed by atoms with Gasteiger partial charge in [-0.3, -0.25) is 9.48 Å². The zero-order valence-corrected chi connectivity index (χ0v) is 18.6. The lowest BCUT2D eigenvalue weighted by atomic mass is 9.96. The Kier molecular flexibility index (Phi) is 5.88. The number of hydrogen-bond donors (Lipinski definition) is 1. The average Bonchev–Trinajstić information content (AvgIpc) is 3.52. The summed E-state index contributed by atoms with van der Waals surface area (Å²) in [6.45, 7) is 5.05. The predicted molar refractivity (Wildman–Crippen MR) is 124 cm³/mol. The molecule has 0 spiro atoms. The standard InChI is InChI=1S/C25H30N6O/c1-2-31-16-18(15-27-31)14-26-25(32)20-10-7-13-30(17-20)24-21-11-6-12-22(21)28-23(29-24)19-8-4-3-5-9-19/h3-5,8-9,15-16,20H,2,6-7,10-14,17H2,1H3,(H,26,32). The van der Waals surface area contributed by atoms with Gasteiger partial charge in [0.25, 0.3) is 0 Å². The van der Waals surface area contributed by atoms with Gasteiger partial charge in [-0.15, -0.1) is 0 Å². The minimum atomic E-state index is -0.0304. The van der Waals surface area contributed by atoms with E-state index in [0.717, 1.165) is 68.0 Å². The highest BCUT2D eigenvalue weighted by Gasteiger charge is 2.30. The summed E-state index contributed by atoms with van der Waals surface area (Å²) in [5, 5.41) is 7.40. The fourth-order valence-corrected chi connectivity index (χ4v) is 4.78. The number of aromatic nitrogens is 4. The number of amides is 1. The lowest BCUT2D eigenvalue weighted by Gasteiger charge is -2.34. The Balaban J connectivity index is 1.32. The monoisotopic (exact) mass is 430 g/mol. The molecule has 3 aromatic rings. The summed E-state index contributed by atoms with van der Waals surface area (Å²) in [5.74, 6) is 1.92. The molecule has 1 N–H and O–H groups in total. The van der Waals surface area contributed by atoms with Crippen molar-refractivity contribution in [2.45, 2.75) is 52.1 Å². The van der Waals surface area contributed by atoms with Crippen LogP contribution in [0, 0.1) is 5.92 Å². The van der Waals surface area contributed by atoms with Crippen molar-refractivity contribution in [2.75, 3.05) is 18.0 Å². The zero-order valence-electron chi connectivity index (χ0n) is 18.6. The molecule has 1 unspecified atom stereocenters. The van der Waals surface area contributed by atoms with Crippen LogP contribution in [0.3, 0.4) is 0 Å². The smallest absolute Gasteiger partial charge is 0.225 e. The molecular weight excluding hydrogens is 400 g/mol. The van der Waals surface area contributed by atoms with Crippen LogP contribution in [-0.4, -0.2) is 38.7 Å². The third-order valence-corrected chi connectivity index (χ3v) is 6.51. The number of nitrogens with zero attached hydrogens (tertiary/aromatic N) is 5. The van der Waals surface area contributed by atoms with E-state index in [9.17, 15) is 4.79 Å². The van der Waals surface area contributed by atoms with Crippen LogP contribution in [0.2, 0.25) is 0 Å². The Morgan fingerprint density at radius 3 is 2.84 bits per heavy atom.